The summed E-state index contributed by atoms with van der Waals surface area (Å²) < 4.78 is 11.7. The van der Waals surface area contributed by atoms with Crippen molar-refractivity contribution in [1.29, 1.82) is 0 Å². The fourth-order valence-corrected chi connectivity index (χ4v) is 4.31. The van der Waals surface area contributed by atoms with Crippen LogP contribution in [-0.4, -0.2) is 31.2 Å². The minimum Gasteiger partial charge on any atom is -0.460 e. The number of allylic oxidation sites excluding steroid dienone is 1. The van der Waals surface area contributed by atoms with E-state index in [4.69, 9.17) is 32.7 Å². The van der Waals surface area contributed by atoms with Gasteiger partial charge in [0, 0.05) is 30.1 Å². The van der Waals surface area contributed by atoms with Gasteiger partial charge in [0.05, 0.1) is 24.3 Å². The molecule has 2 heterocycles. The average molecular weight is 340 g/mol. The Morgan fingerprint density at radius 1 is 1.05 bits per heavy atom. The van der Waals surface area contributed by atoms with Crippen molar-refractivity contribution < 1.29 is 9.47 Å². The maximum absolute atomic E-state index is 6.41. The zero-order valence-electron chi connectivity index (χ0n) is 12.4. The fraction of sp³-hybridized carbons (Fsp3) is 0.529. The van der Waals surface area contributed by atoms with Crippen LogP contribution in [0.3, 0.4) is 0 Å². The summed E-state index contributed by atoms with van der Waals surface area (Å²) in [5.74, 6) is 1.92. The third-order valence-electron chi connectivity index (χ3n) is 4.76. The van der Waals surface area contributed by atoms with Gasteiger partial charge in [0.2, 0.25) is 0 Å². The van der Waals surface area contributed by atoms with Gasteiger partial charge in [0.25, 0.3) is 0 Å². The Morgan fingerprint density at radius 3 is 2.64 bits per heavy atom. The largest absolute Gasteiger partial charge is 0.460 e. The number of fused-ring (bicyclic) bond motifs is 1. The zero-order valence-corrected chi connectivity index (χ0v) is 13.9. The molecule has 3 nitrogen and oxygen atoms in total. The molecule has 0 radical (unpaired) electrons. The van der Waals surface area contributed by atoms with Crippen LogP contribution in [0.25, 0.3) is 0 Å². The van der Waals surface area contributed by atoms with Crippen LogP contribution >= 0.6 is 23.2 Å². The Kier molecular flexibility index (Phi) is 4.07. The molecule has 118 valence electrons. The molecule has 3 aliphatic rings. The van der Waals surface area contributed by atoms with Gasteiger partial charge in [0.15, 0.2) is 5.75 Å². The lowest BCUT2D eigenvalue weighted by molar-refractivity contribution is 0.0197. The summed E-state index contributed by atoms with van der Waals surface area (Å²) in [6.07, 6.45) is 4.53. The first-order valence-electron chi connectivity index (χ1n) is 7.94. The number of benzene rings is 1. The molecule has 1 aromatic carbocycles. The van der Waals surface area contributed by atoms with Gasteiger partial charge < -0.3 is 9.47 Å². The van der Waals surface area contributed by atoms with Gasteiger partial charge in [0.1, 0.15) is 5.76 Å². The van der Waals surface area contributed by atoms with Crippen LogP contribution in [0.15, 0.2) is 23.5 Å². The summed E-state index contributed by atoms with van der Waals surface area (Å²) in [6, 6.07) is 4.02. The number of hydrogen-bond acceptors (Lipinski definition) is 3. The number of halogens is 2. The number of hydrogen-bond donors (Lipinski definition) is 0. The van der Waals surface area contributed by atoms with Gasteiger partial charge in [-0.05, 0) is 37.0 Å². The van der Waals surface area contributed by atoms with Crippen molar-refractivity contribution in [3.05, 3.63) is 39.1 Å². The Morgan fingerprint density at radius 2 is 1.82 bits per heavy atom. The molecule has 0 N–H and O–H groups in total. The molecule has 0 bridgehead atoms. The van der Waals surface area contributed by atoms with E-state index in [1.807, 2.05) is 6.07 Å². The molecule has 1 aromatic rings. The molecule has 5 heteroatoms. The Hall–Kier alpha value is -0.740. The minimum absolute atomic E-state index is 0.235. The van der Waals surface area contributed by atoms with Gasteiger partial charge in [-0.3, -0.25) is 4.90 Å². The summed E-state index contributed by atoms with van der Waals surface area (Å²) in [5.41, 5.74) is 2.53. The van der Waals surface area contributed by atoms with Crippen LogP contribution in [0, 0.1) is 0 Å². The Labute approximate surface area is 140 Å². The highest BCUT2D eigenvalue weighted by atomic mass is 35.5. The van der Waals surface area contributed by atoms with Gasteiger partial charge in [-0.1, -0.05) is 23.2 Å². The molecule has 2 aliphatic heterocycles. The highest BCUT2D eigenvalue weighted by Gasteiger charge is 2.36. The molecule has 22 heavy (non-hydrogen) atoms. The quantitative estimate of drug-likeness (QED) is 0.747. The molecular formula is C17H19Cl2NO2. The highest BCUT2D eigenvalue weighted by Crippen LogP contribution is 2.49. The smallest absolute Gasteiger partial charge is 0.150 e. The molecule has 0 amide bonds. The molecular weight excluding hydrogens is 321 g/mol. The molecule has 0 aromatic heterocycles. The first kappa shape index (κ1) is 14.8. The second-order valence-electron chi connectivity index (χ2n) is 6.11. The molecule has 0 spiro atoms. The summed E-state index contributed by atoms with van der Waals surface area (Å²) >= 11 is 12.7. The maximum atomic E-state index is 6.41. The molecule has 1 aliphatic carbocycles. The first-order chi connectivity index (χ1) is 10.7. The molecule has 4 rings (SSSR count). The van der Waals surface area contributed by atoms with Crippen molar-refractivity contribution in [2.75, 3.05) is 26.3 Å². The molecule has 1 atom stereocenters. The minimum atomic E-state index is 0.235. The third-order valence-corrected chi connectivity index (χ3v) is 5.25. The number of morpholine rings is 1. The molecule has 0 saturated carbocycles. The van der Waals surface area contributed by atoms with Gasteiger partial charge >= 0.3 is 0 Å². The van der Waals surface area contributed by atoms with E-state index in [-0.39, 0.29) is 6.04 Å². The second-order valence-corrected chi connectivity index (χ2v) is 6.96. The van der Waals surface area contributed by atoms with Crippen molar-refractivity contribution >= 4 is 23.2 Å². The summed E-state index contributed by atoms with van der Waals surface area (Å²) in [4.78, 5) is 2.48. The van der Waals surface area contributed by atoms with E-state index in [1.54, 1.807) is 6.07 Å². The number of rotatable bonds is 1. The van der Waals surface area contributed by atoms with E-state index in [9.17, 15) is 0 Å². The number of nitrogens with zero attached hydrogens (tertiary/aromatic N) is 1. The first-order valence-corrected chi connectivity index (χ1v) is 8.70. The van der Waals surface area contributed by atoms with E-state index < -0.39 is 0 Å². The van der Waals surface area contributed by atoms with Crippen molar-refractivity contribution in [3.8, 4) is 5.75 Å². The maximum Gasteiger partial charge on any atom is 0.150 e. The van der Waals surface area contributed by atoms with Gasteiger partial charge in [-0.2, -0.15) is 0 Å². The standard InChI is InChI=1S/C17H19Cl2NO2/c18-11-9-13-16(20-5-7-21-8-6-20)12-3-1-2-4-15(12)22-17(13)14(19)10-11/h9-10,16H,1-8H2. The monoisotopic (exact) mass is 339 g/mol. The SMILES string of the molecule is Clc1cc(Cl)c2c(c1)C(N1CCOCC1)C1=C(CCCC1)O2. The van der Waals surface area contributed by atoms with Crippen molar-refractivity contribution in [2.24, 2.45) is 0 Å². The average Bonchev–Trinajstić information content (AvgIpc) is 2.54. The zero-order chi connectivity index (χ0) is 15.1. The Balaban J connectivity index is 1.83. The summed E-state index contributed by atoms with van der Waals surface area (Å²) in [5, 5.41) is 1.28. The lowest BCUT2D eigenvalue weighted by Gasteiger charge is -2.41. The van der Waals surface area contributed by atoms with Crippen LogP contribution in [0.5, 0.6) is 5.75 Å². The normalized spacial score (nSPS) is 25.5. The lowest BCUT2D eigenvalue weighted by Crippen LogP contribution is -2.41. The van der Waals surface area contributed by atoms with Crippen LogP contribution in [0.1, 0.15) is 37.3 Å². The van der Waals surface area contributed by atoms with E-state index >= 15 is 0 Å². The van der Waals surface area contributed by atoms with Crippen LogP contribution in [-0.2, 0) is 4.74 Å². The van der Waals surface area contributed by atoms with Crippen molar-refractivity contribution in [3.63, 3.8) is 0 Å². The Bertz CT molecular complexity index is 623. The molecule has 1 unspecified atom stereocenters. The highest BCUT2D eigenvalue weighted by molar-refractivity contribution is 6.35. The summed E-state index contributed by atoms with van der Waals surface area (Å²) in [7, 11) is 0. The number of ether oxygens (including phenoxy) is 2. The van der Waals surface area contributed by atoms with Crippen LogP contribution < -0.4 is 4.74 Å². The van der Waals surface area contributed by atoms with Crippen molar-refractivity contribution in [1.82, 2.24) is 4.90 Å². The van der Waals surface area contributed by atoms with E-state index in [0.717, 1.165) is 56.2 Å². The predicted molar refractivity (Wildman–Crippen MR) is 87.7 cm³/mol. The van der Waals surface area contributed by atoms with Crippen molar-refractivity contribution in [2.45, 2.75) is 31.7 Å². The van der Waals surface area contributed by atoms with Gasteiger partial charge in [-0.15, -0.1) is 0 Å². The third kappa shape index (κ3) is 2.54. The summed E-state index contributed by atoms with van der Waals surface area (Å²) in [6.45, 7) is 3.43. The molecule has 1 fully saturated rings. The topological polar surface area (TPSA) is 21.7 Å². The van der Waals surface area contributed by atoms with E-state index in [1.165, 1.54) is 18.4 Å². The molecule has 1 saturated heterocycles. The lowest BCUT2D eigenvalue weighted by atomic mass is 9.85. The van der Waals surface area contributed by atoms with E-state index in [0.29, 0.717) is 10.0 Å². The van der Waals surface area contributed by atoms with Crippen LogP contribution in [0.2, 0.25) is 10.0 Å². The van der Waals surface area contributed by atoms with E-state index in [2.05, 4.69) is 4.90 Å². The van der Waals surface area contributed by atoms with Gasteiger partial charge in [-0.25, -0.2) is 0 Å². The predicted octanol–water partition coefficient (Wildman–Crippen LogP) is 4.59. The second kappa shape index (κ2) is 6.04. The van der Waals surface area contributed by atoms with Crippen LogP contribution in [0.4, 0.5) is 0 Å². The fourth-order valence-electron chi connectivity index (χ4n) is 3.76.